The zero-order valence-corrected chi connectivity index (χ0v) is 11.2. The molecule has 2 nitrogen and oxygen atoms in total. The Balaban J connectivity index is 2.31. The van der Waals surface area contributed by atoms with Gasteiger partial charge < -0.3 is 4.74 Å². The maximum Gasteiger partial charge on any atom is 0.143 e. The molecule has 0 amide bonds. The van der Waals surface area contributed by atoms with Crippen molar-refractivity contribution < 1.29 is 4.74 Å². The average molecular weight is 270 g/mol. The summed E-state index contributed by atoms with van der Waals surface area (Å²) in [6.45, 7) is 2.43. The van der Waals surface area contributed by atoms with Crippen molar-refractivity contribution in [3.05, 3.63) is 63.7 Å². The number of benzene rings is 2. The third kappa shape index (κ3) is 1.87. The number of hydrogen-bond acceptors (Lipinski definition) is 2. The van der Waals surface area contributed by atoms with Crippen LogP contribution in [0.1, 0.15) is 28.2 Å². The molecule has 19 heavy (non-hydrogen) atoms. The quantitative estimate of drug-likeness (QED) is 0.718. The van der Waals surface area contributed by atoms with E-state index in [0.717, 1.165) is 22.3 Å². The van der Waals surface area contributed by atoms with Crippen molar-refractivity contribution in [3.63, 3.8) is 0 Å². The maximum atomic E-state index is 9.58. The van der Waals surface area contributed by atoms with Crippen molar-refractivity contribution >= 4 is 11.6 Å². The summed E-state index contributed by atoms with van der Waals surface area (Å²) in [5.74, 6) is 0.316. The van der Waals surface area contributed by atoms with Crippen molar-refractivity contribution in [2.75, 3.05) is 0 Å². The number of fused-ring (bicyclic) bond motifs is 2. The molecule has 1 aliphatic heterocycles. The minimum atomic E-state index is -0.326. The topological polar surface area (TPSA) is 33.0 Å². The van der Waals surface area contributed by atoms with Crippen molar-refractivity contribution in [2.24, 2.45) is 0 Å². The molecule has 94 valence electrons. The second-order valence-electron chi connectivity index (χ2n) is 4.66. The van der Waals surface area contributed by atoms with Gasteiger partial charge in [-0.15, -0.1) is 0 Å². The molecule has 1 heterocycles. The standard InChI is InChI=1S/C16H12ClNO/c1-10-6-7-14(17)16-15(10)13(8-18)12-5-3-2-4-11(12)9-19-16/h2-7,13H,9H2,1H3. The van der Waals surface area contributed by atoms with Gasteiger partial charge in [-0.25, -0.2) is 0 Å². The summed E-state index contributed by atoms with van der Waals surface area (Å²) in [4.78, 5) is 0. The van der Waals surface area contributed by atoms with Crippen LogP contribution in [0.15, 0.2) is 36.4 Å². The Kier molecular flexibility index (Phi) is 2.93. The molecule has 0 saturated carbocycles. The van der Waals surface area contributed by atoms with E-state index in [0.29, 0.717) is 17.4 Å². The number of nitrogens with zero attached hydrogens (tertiary/aromatic N) is 1. The van der Waals surface area contributed by atoms with Crippen LogP contribution in [-0.4, -0.2) is 0 Å². The van der Waals surface area contributed by atoms with Gasteiger partial charge in [-0.2, -0.15) is 5.26 Å². The fourth-order valence-corrected chi connectivity index (χ4v) is 2.78. The van der Waals surface area contributed by atoms with E-state index >= 15 is 0 Å². The fraction of sp³-hybridized carbons (Fsp3) is 0.188. The molecule has 0 aliphatic carbocycles. The van der Waals surface area contributed by atoms with E-state index in [1.165, 1.54) is 0 Å². The lowest BCUT2D eigenvalue weighted by molar-refractivity contribution is 0.307. The van der Waals surface area contributed by atoms with Crippen LogP contribution < -0.4 is 4.74 Å². The van der Waals surface area contributed by atoms with Gasteiger partial charge in [0.1, 0.15) is 18.3 Å². The van der Waals surface area contributed by atoms with Gasteiger partial charge in [0, 0.05) is 5.56 Å². The Morgan fingerprint density at radius 2 is 2.05 bits per heavy atom. The number of nitriles is 1. The predicted octanol–water partition coefficient (Wildman–Crippen LogP) is 4.20. The first-order valence-corrected chi connectivity index (χ1v) is 6.49. The van der Waals surface area contributed by atoms with E-state index in [1.54, 1.807) is 0 Å². The van der Waals surface area contributed by atoms with Crippen molar-refractivity contribution in [1.29, 1.82) is 5.26 Å². The third-order valence-corrected chi connectivity index (χ3v) is 3.82. The van der Waals surface area contributed by atoms with E-state index < -0.39 is 0 Å². The molecule has 0 saturated heterocycles. The lowest BCUT2D eigenvalue weighted by Crippen LogP contribution is -2.02. The van der Waals surface area contributed by atoms with E-state index in [9.17, 15) is 5.26 Å². The fourth-order valence-electron chi connectivity index (χ4n) is 2.56. The molecule has 3 heteroatoms. The van der Waals surface area contributed by atoms with Gasteiger partial charge in [-0.05, 0) is 29.7 Å². The summed E-state index contributed by atoms with van der Waals surface area (Å²) in [5, 5.41) is 10.1. The highest BCUT2D eigenvalue weighted by Crippen LogP contribution is 2.42. The van der Waals surface area contributed by atoms with Crippen molar-refractivity contribution in [3.8, 4) is 11.8 Å². The lowest BCUT2D eigenvalue weighted by atomic mass is 9.87. The normalized spacial score (nSPS) is 16.6. The molecule has 3 rings (SSSR count). The first-order valence-electron chi connectivity index (χ1n) is 6.11. The summed E-state index contributed by atoms with van der Waals surface area (Å²) >= 11 is 6.22. The molecule has 0 fully saturated rings. The molecule has 0 spiro atoms. The summed E-state index contributed by atoms with van der Waals surface area (Å²) < 4.78 is 5.84. The molecule has 1 unspecified atom stereocenters. The Labute approximate surface area is 117 Å². The van der Waals surface area contributed by atoms with E-state index in [-0.39, 0.29) is 5.92 Å². The minimum Gasteiger partial charge on any atom is -0.487 e. The Morgan fingerprint density at radius 3 is 2.84 bits per heavy atom. The lowest BCUT2D eigenvalue weighted by Gasteiger charge is -2.15. The molecular formula is C16H12ClNO. The highest BCUT2D eigenvalue weighted by atomic mass is 35.5. The van der Waals surface area contributed by atoms with Gasteiger partial charge in [0.05, 0.1) is 11.1 Å². The van der Waals surface area contributed by atoms with Gasteiger partial charge >= 0.3 is 0 Å². The third-order valence-electron chi connectivity index (χ3n) is 3.52. The van der Waals surface area contributed by atoms with Crippen molar-refractivity contribution in [2.45, 2.75) is 19.4 Å². The van der Waals surface area contributed by atoms with Crippen LogP contribution in [0.5, 0.6) is 5.75 Å². The first-order chi connectivity index (χ1) is 9.22. The van der Waals surface area contributed by atoms with Gasteiger partial charge in [0.25, 0.3) is 0 Å². The van der Waals surface area contributed by atoms with Crippen molar-refractivity contribution in [1.82, 2.24) is 0 Å². The van der Waals surface area contributed by atoms with Crippen LogP contribution in [0.3, 0.4) is 0 Å². The monoisotopic (exact) mass is 269 g/mol. The molecule has 2 aromatic rings. The molecule has 0 radical (unpaired) electrons. The van der Waals surface area contributed by atoms with E-state index in [1.807, 2.05) is 43.3 Å². The van der Waals surface area contributed by atoms with Gasteiger partial charge in [0.15, 0.2) is 0 Å². The molecular weight excluding hydrogens is 258 g/mol. The largest absolute Gasteiger partial charge is 0.487 e. The second-order valence-corrected chi connectivity index (χ2v) is 5.06. The van der Waals surface area contributed by atoms with Crippen LogP contribution in [0.2, 0.25) is 5.02 Å². The highest BCUT2D eigenvalue weighted by molar-refractivity contribution is 6.32. The second kappa shape index (κ2) is 4.60. The molecule has 1 aliphatic rings. The number of rotatable bonds is 0. The van der Waals surface area contributed by atoms with Crippen LogP contribution in [-0.2, 0) is 6.61 Å². The van der Waals surface area contributed by atoms with E-state index in [2.05, 4.69) is 6.07 Å². The Morgan fingerprint density at radius 1 is 1.26 bits per heavy atom. The predicted molar refractivity (Wildman–Crippen MR) is 74.4 cm³/mol. The zero-order valence-electron chi connectivity index (χ0n) is 10.5. The molecule has 2 aromatic carbocycles. The smallest absolute Gasteiger partial charge is 0.143 e. The molecule has 1 atom stereocenters. The minimum absolute atomic E-state index is 0.326. The van der Waals surface area contributed by atoms with E-state index in [4.69, 9.17) is 16.3 Å². The van der Waals surface area contributed by atoms with Gasteiger partial charge in [0.2, 0.25) is 0 Å². The Bertz CT molecular complexity index is 688. The number of hydrogen-bond donors (Lipinski definition) is 0. The molecule has 0 N–H and O–H groups in total. The number of ether oxygens (including phenoxy) is 1. The van der Waals surface area contributed by atoms with Crippen LogP contribution in [0.25, 0.3) is 0 Å². The number of halogens is 1. The van der Waals surface area contributed by atoms with Crippen LogP contribution in [0.4, 0.5) is 0 Å². The summed E-state index contributed by atoms with van der Waals surface area (Å²) in [5.41, 5.74) is 3.97. The summed E-state index contributed by atoms with van der Waals surface area (Å²) in [7, 11) is 0. The molecule has 0 aromatic heterocycles. The van der Waals surface area contributed by atoms with Crippen LogP contribution >= 0.6 is 11.6 Å². The summed E-state index contributed by atoms with van der Waals surface area (Å²) in [6, 6.07) is 14.0. The van der Waals surface area contributed by atoms with Gasteiger partial charge in [-0.1, -0.05) is 41.9 Å². The first kappa shape index (κ1) is 12.1. The van der Waals surface area contributed by atoms with Crippen LogP contribution in [0, 0.1) is 18.3 Å². The Hall–Kier alpha value is -1.98. The summed E-state index contributed by atoms with van der Waals surface area (Å²) in [6.07, 6.45) is 0. The number of aryl methyl sites for hydroxylation is 1. The maximum absolute atomic E-state index is 9.58. The van der Waals surface area contributed by atoms with Gasteiger partial charge in [-0.3, -0.25) is 0 Å². The zero-order chi connectivity index (χ0) is 13.4. The molecule has 0 bridgehead atoms. The average Bonchev–Trinajstić information content (AvgIpc) is 2.60. The highest BCUT2D eigenvalue weighted by Gasteiger charge is 2.27. The SMILES string of the molecule is Cc1ccc(Cl)c2c1C(C#N)c1ccccc1CO2.